The summed E-state index contributed by atoms with van der Waals surface area (Å²) in [7, 11) is 1.78. The van der Waals surface area contributed by atoms with Gasteiger partial charge < -0.3 is 10.5 Å². The van der Waals surface area contributed by atoms with Crippen molar-refractivity contribution in [2.45, 2.75) is 56.7 Å². The molecule has 0 bridgehead atoms. The summed E-state index contributed by atoms with van der Waals surface area (Å²) in [6.45, 7) is 1.92. The van der Waals surface area contributed by atoms with E-state index in [1.54, 1.807) is 7.11 Å². The number of nitrogens with two attached hydrogens (primary N) is 1. The van der Waals surface area contributed by atoms with Gasteiger partial charge in [0.1, 0.15) is 0 Å². The number of hydrogen-bond donors (Lipinski definition) is 1. The van der Waals surface area contributed by atoms with Crippen molar-refractivity contribution >= 4 is 0 Å². The minimum atomic E-state index is 0.399. The number of rotatable bonds is 5. The maximum atomic E-state index is 6.23. The molecule has 0 amide bonds. The van der Waals surface area contributed by atoms with Gasteiger partial charge in [-0.05, 0) is 25.7 Å². The molecule has 0 aromatic rings. The number of hydrogen-bond acceptors (Lipinski definition) is 3. The third-order valence-electron chi connectivity index (χ3n) is 3.78. The molecule has 2 N–H and O–H groups in total. The third kappa shape index (κ3) is 2.92. The summed E-state index contributed by atoms with van der Waals surface area (Å²) >= 11 is 0. The summed E-state index contributed by atoms with van der Waals surface area (Å²) in [5.41, 5.74) is 6.23. The van der Waals surface area contributed by atoms with E-state index in [-0.39, 0.29) is 0 Å². The van der Waals surface area contributed by atoms with Gasteiger partial charge in [-0.15, -0.1) is 0 Å². The summed E-state index contributed by atoms with van der Waals surface area (Å²) in [6, 6.07) is 1.84. The second-order valence-corrected chi connectivity index (χ2v) is 4.98. The van der Waals surface area contributed by atoms with Crippen LogP contribution in [0.4, 0.5) is 0 Å². The Kier molecular flexibility index (Phi) is 4.00. The Morgan fingerprint density at radius 2 is 1.93 bits per heavy atom. The fourth-order valence-corrected chi connectivity index (χ4v) is 2.77. The smallest absolute Gasteiger partial charge is 0.0589 e. The first kappa shape index (κ1) is 11.4. The Bertz CT molecular complexity index is 194. The molecule has 88 valence electrons. The zero-order valence-corrected chi connectivity index (χ0v) is 9.82. The molecule has 2 rings (SSSR count). The molecule has 2 unspecified atom stereocenters. The van der Waals surface area contributed by atoms with E-state index >= 15 is 0 Å². The summed E-state index contributed by atoms with van der Waals surface area (Å²) < 4.78 is 5.19. The molecule has 0 aromatic carbocycles. The van der Waals surface area contributed by atoms with Gasteiger partial charge in [0.25, 0.3) is 0 Å². The molecule has 0 aromatic heterocycles. The van der Waals surface area contributed by atoms with Gasteiger partial charge in [0.15, 0.2) is 0 Å². The number of nitrogens with zero attached hydrogens (tertiary/aromatic N) is 1. The second kappa shape index (κ2) is 5.28. The molecule has 2 fully saturated rings. The van der Waals surface area contributed by atoms with Gasteiger partial charge >= 0.3 is 0 Å². The average Bonchev–Trinajstić information content (AvgIpc) is 3.05. The molecule has 15 heavy (non-hydrogen) atoms. The van der Waals surface area contributed by atoms with Crippen molar-refractivity contribution in [3.05, 3.63) is 0 Å². The summed E-state index contributed by atoms with van der Waals surface area (Å²) in [5, 5.41) is 0. The van der Waals surface area contributed by atoms with Crippen LogP contribution in [0.5, 0.6) is 0 Å². The van der Waals surface area contributed by atoms with E-state index in [4.69, 9.17) is 10.5 Å². The molecule has 0 spiro atoms. The molecule has 2 aliphatic rings. The standard InChI is InChI=1S/C12H24N2O/c1-15-9-8-14(10-6-7-10)12-5-3-2-4-11(12)13/h10-12H,2-9,13H2,1H3. The van der Waals surface area contributed by atoms with Crippen LogP contribution in [0.25, 0.3) is 0 Å². The Hall–Kier alpha value is -0.120. The number of ether oxygens (including phenoxy) is 1. The fraction of sp³-hybridized carbons (Fsp3) is 1.00. The van der Waals surface area contributed by atoms with E-state index in [9.17, 15) is 0 Å². The van der Waals surface area contributed by atoms with Crippen LogP contribution in [-0.4, -0.2) is 43.3 Å². The molecule has 0 heterocycles. The van der Waals surface area contributed by atoms with Crippen molar-refractivity contribution < 1.29 is 4.74 Å². The summed E-state index contributed by atoms with van der Waals surface area (Å²) in [4.78, 5) is 2.62. The van der Waals surface area contributed by atoms with Crippen LogP contribution < -0.4 is 5.73 Å². The van der Waals surface area contributed by atoms with Crippen LogP contribution >= 0.6 is 0 Å². The molecule has 3 nitrogen and oxygen atoms in total. The van der Waals surface area contributed by atoms with Gasteiger partial charge in [0.05, 0.1) is 6.61 Å². The molecule has 2 aliphatic carbocycles. The molecular weight excluding hydrogens is 188 g/mol. The second-order valence-electron chi connectivity index (χ2n) is 4.98. The van der Waals surface area contributed by atoms with Crippen LogP contribution in [0, 0.1) is 0 Å². The van der Waals surface area contributed by atoms with Crippen LogP contribution in [0.2, 0.25) is 0 Å². The minimum Gasteiger partial charge on any atom is -0.383 e. The third-order valence-corrected chi connectivity index (χ3v) is 3.78. The highest BCUT2D eigenvalue weighted by Crippen LogP contribution is 2.32. The summed E-state index contributed by atoms with van der Waals surface area (Å²) in [6.07, 6.45) is 7.91. The zero-order valence-electron chi connectivity index (χ0n) is 9.82. The predicted octanol–water partition coefficient (Wildman–Crippen LogP) is 1.37. The van der Waals surface area contributed by atoms with Crippen LogP contribution in [0.15, 0.2) is 0 Å². The topological polar surface area (TPSA) is 38.5 Å². The van der Waals surface area contributed by atoms with Gasteiger partial charge in [0.2, 0.25) is 0 Å². The number of methoxy groups -OCH3 is 1. The maximum Gasteiger partial charge on any atom is 0.0589 e. The maximum absolute atomic E-state index is 6.23. The minimum absolute atomic E-state index is 0.399. The highest BCUT2D eigenvalue weighted by molar-refractivity contribution is 4.94. The molecule has 0 saturated heterocycles. The van der Waals surface area contributed by atoms with Crippen molar-refractivity contribution in [1.29, 1.82) is 0 Å². The molecular formula is C12H24N2O. The van der Waals surface area contributed by atoms with E-state index in [0.717, 1.165) is 19.2 Å². The lowest BCUT2D eigenvalue weighted by molar-refractivity contribution is 0.0860. The zero-order chi connectivity index (χ0) is 10.7. The lowest BCUT2D eigenvalue weighted by atomic mass is 9.89. The SMILES string of the molecule is COCCN(C1CC1)C1CCCCC1N. The molecule has 0 radical (unpaired) electrons. The van der Waals surface area contributed by atoms with Gasteiger partial charge in [-0.1, -0.05) is 12.8 Å². The molecule has 3 heteroatoms. The van der Waals surface area contributed by atoms with Crippen molar-refractivity contribution in [3.63, 3.8) is 0 Å². The van der Waals surface area contributed by atoms with E-state index < -0.39 is 0 Å². The Morgan fingerprint density at radius 3 is 2.53 bits per heavy atom. The summed E-state index contributed by atoms with van der Waals surface area (Å²) in [5.74, 6) is 0. The van der Waals surface area contributed by atoms with Crippen LogP contribution in [0.1, 0.15) is 38.5 Å². The van der Waals surface area contributed by atoms with Crippen molar-refractivity contribution in [1.82, 2.24) is 4.90 Å². The van der Waals surface area contributed by atoms with Crippen molar-refractivity contribution in [3.8, 4) is 0 Å². The lowest BCUT2D eigenvalue weighted by Crippen LogP contribution is -2.51. The Morgan fingerprint density at radius 1 is 1.20 bits per heavy atom. The first-order valence-corrected chi connectivity index (χ1v) is 6.33. The Labute approximate surface area is 93.0 Å². The molecule has 2 saturated carbocycles. The van der Waals surface area contributed by atoms with E-state index in [2.05, 4.69) is 4.90 Å². The van der Waals surface area contributed by atoms with Gasteiger partial charge in [-0.2, -0.15) is 0 Å². The van der Waals surface area contributed by atoms with E-state index in [1.807, 2.05) is 0 Å². The van der Waals surface area contributed by atoms with Crippen LogP contribution in [0.3, 0.4) is 0 Å². The normalized spacial score (nSPS) is 32.2. The highest BCUT2D eigenvalue weighted by Gasteiger charge is 2.36. The van der Waals surface area contributed by atoms with Crippen LogP contribution in [-0.2, 0) is 4.74 Å². The first-order chi connectivity index (χ1) is 7.33. The van der Waals surface area contributed by atoms with Crippen molar-refractivity contribution in [2.75, 3.05) is 20.3 Å². The van der Waals surface area contributed by atoms with Gasteiger partial charge in [-0.3, -0.25) is 4.90 Å². The largest absolute Gasteiger partial charge is 0.383 e. The predicted molar refractivity (Wildman–Crippen MR) is 61.8 cm³/mol. The molecule has 0 aliphatic heterocycles. The van der Waals surface area contributed by atoms with E-state index in [1.165, 1.54) is 38.5 Å². The Balaban J connectivity index is 1.89. The van der Waals surface area contributed by atoms with E-state index in [0.29, 0.717) is 12.1 Å². The highest BCUT2D eigenvalue weighted by atomic mass is 16.5. The van der Waals surface area contributed by atoms with Gasteiger partial charge in [0, 0.05) is 31.8 Å². The lowest BCUT2D eigenvalue weighted by Gasteiger charge is -2.38. The van der Waals surface area contributed by atoms with Gasteiger partial charge in [-0.25, -0.2) is 0 Å². The fourth-order valence-electron chi connectivity index (χ4n) is 2.77. The monoisotopic (exact) mass is 212 g/mol. The first-order valence-electron chi connectivity index (χ1n) is 6.33. The quantitative estimate of drug-likeness (QED) is 0.748. The van der Waals surface area contributed by atoms with Crippen molar-refractivity contribution in [2.24, 2.45) is 5.73 Å². The molecule has 2 atom stereocenters. The average molecular weight is 212 g/mol.